The fourth-order valence-corrected chi connectivity index (χ4v) is 3.12. The highest BCUT2D eigenvalue weighted by molar-refractivity contribution is 5.71. The molecule has 0 aliphatic carbocycles. The van der Waals surface area contributed by atoms with Crippen molar-refractivity contribution in [3.05, 3.63) is 16.7 Å². The van der Waals surface area contributed by atoms with Gasteiger partial charge >= 0.3 is 0 Å². The number of nitrogens with one attached hydrogen (secondary N) is 1. The van der Waals surface area contributed by atoms with Crippen LogP contribution in [0.1, 0.15) is 6.23 Å². The number of rotatable bonds is 5. The van der Waals surface area contributed by atoms with E-state index < -0.39 is 36.6 Å². The van der Waals surface area contributed by atoms with Gasteiger partial charge in [-0.05, 0) is 0 Å². The lowest BCUT2D eigenvalue weighted by atomic mass is 10.1. The fraction of sp³-hybridized carbons (Fsp3) is 0.600. The monoisotopic (exact) mass is 380 g/mol. The number of H-pyrrole nitrogens is 1. The van der Waals surface area contributed by atoms with Crippen LogP contribution in [0.2, 0.25) is 0 Å². The molecule has 12 nitrogen and oxygen atoms in total. The number of hydrogen-bond acceptors (Lipinski definition) is 9. The Morgan fingerprint density at radius 2 is 2.19 bits per heavy atom. The summed E-state index contributed by atoms with van der Waals surface area (Å²) in [5, 5.41) is 9.59. The van der Waals surface area contributed by atoms with Crippen molar-refractivity contribution in [2.24, 2.45) is 4.99 Å². The Kier molecular flexibility index (Phi) is 4.65. The van der Waals surface area contributed by atoms with Gasteiger partial charge in [-0.15, -0.1) is 0 Å². The van der Waals surface area contributed by atoms with Crippen LogP contribution in [0.15, 0.2) is 16.1 Å². The van der Waals surface area contributed by atoms with Crippen molar-refractivity contribution in [1.29, 1.82) is 0 Å². The predicted molar refractivity (Wildman–Crippen MR) is 91.5 cm³/mol. The van der Waals surface area contributed by atoms with Crippen LogP contribution in [0, 0.1) is 0 Å². The Hall–Kier alpha value is -2.38. The van der Waals surface area contributed by atoms with Gasteiger partial charge in [0, 0.05) is 21.2 Å². The Labute approximate surface area is 153 Å². The predicted octanol–water partition coefficient (Wildman–Crippen LogP) is -1.06. The first-order valence-electron chi connectivity index (χ1n) is 8.29. The van der Waals surface area contributed by atoms with Crippen molar-refractivity contribution in [1.82, 2.24) is 24.4 Å². The van der Waals surface area contributed by atoms with E-state index in [0.29, 0.717) is 0 Å². The van der Waals surface area contributed by atoms with Gasteiger partial charge in [-0.3, -0.25) is 14.3 Å². The summed E-state index contributed by atoms with van der Waals surface area (Å²) in [5.74, 6) is 0.134. The minimum Gasteiger partial charge on any atom is -0.394 e. The molecular formula is C15H20N6O6. The van der Waals surface area contributed by atoms with E-state index in [2.05, 4.69) is 19.9 Å². The van der Waals surface area contributed by atoms with E-state index in [1.165, 1.54) is 19.8 Å². The smallest absolute Gasteiger partial charge is 0.280 e. The first kappa shape index (κ1) is 18.0. The highest BCUT2D eigenvalue weighted by atomic mass is 16.9. The van der Waals surface area contributed by atoms with Crippen molar-refractivity contribution in [2.45, 2.75) is 31.0 Å². The van der Waals surface area contributed by atoms with Crippen molar-refractivity contribution in [2.75, 3.05) is 27.8 Å². The number of fused-ring (bicyclic) bond motifs is 2. The summed E-state index contributed by atoms with van der Waals surface area (Å²) in [6, 6.07) is 0. The number of aliphatic hydroxyl groups is 1. The molecule has 2 aromatic heterocycles. The lowest BCUT2D eigenvalue weighted by Crippen LogP contribution is -2.31. The summed E-state index contributed by atoms with van der Waals surface area (Å²) >= 11 is 0. The molecule has 0 saturated carbocycles. The van der Waals surface area contributed by atoms with Crippen LogP contribution >= 0.6 is 0 Å². The zero-order valence-corrected chi connectivity index (χ0v) is 15.0. The summed E-state index contributed by atoms with van der Waals surface area (Å²) in [7, 11) is 5.06. The normalized spacial score (nSPS) is 30.4. The molecule has 12 heteroatoms. The van der Waals surface area contributed by atoms with E-state index in [1.807, 2.05) is 0 Å². The van der Waals surface area contributed by atoms with E-state index in [1.54, 1.807) is 23.6 Å². The second kappa shape index (κ2) is 6.98. The Balaban J connectivity index is 1.74. The molecule has 0 radical (unpaired) electrons. The van der Waals surface area contributed by atoms with Crippen LogP contribution in [0.4, 0.5) is 5.95 Å². The molecule has 2 N–H and O–H groups in total. The zero-order valence-electron chi connectivity index (χ0n) is 15.0. The number of ether oxygens (including phenoxy) is 4. The number of hydrogen-bond donors (Lipinski definition) is 2. The number of aromatic amines is 1. The molecule has 0 aromatic carbocycles. The number of nitrogens with zero attached hydrogens (tertiary/aromatic N) is 5. The van der Waals surface area contributed by atoms with E-state index in [-0.39, 0.29) is 23.7 Å². The summed E-state index contributed by atoms with van der Waals surface area (Å²) in [6.07, 6.45) is 0.585. The average Bonchev–Trinajstić information content (AvgIpc) is 3.32. The van der Waals surface area contributed by atoms with Gasteiger partial charge in [0.2, 0.25) is 5.95 Å². The third kappa shape index (κ3) is 3.11. The van der Waals surface area contributed by atoms with Crippen LogP contribution in [0.5, 0.6) is 0 Å². The van der Waals surface area contributed by atoms with E-state index in [0.717, 1.165) is 0 Å². The van der Waals surface area contributed by atoms with E-state index in [4.69, 9.17) is 18.9 Å². The third-order valence-corrected chi connectivity index (χ3v) is 4.30. The number of imidazole rings is 1. The maximum absolute atomic E-state index is 12.3. The SMILES string of the molecule is COC1OC2C(CO)OC(n3cnc4c(=O)[nH]c(N=CN(C)C)nc43)C2O1. The molecule has 0 bridgehead atoms. The molecule has 0 spiro atoms. The molecule has 5 atom stereocenters. The molecule has 4 heterocycles. The molecule has 4 rings (SSSR count). The summed E-state index contributed by atoms with van der Waals surface area (Å²) in [5.41, 5.74) is 0.0151. The van der Waals surface area contributed by atoms with Gasteiger partial charge in [-0.25, -0.2) is 9.98 Å². The number of aliphatic imine (C=N–C) groups is 1. The van der Waals surface area contributed by atoms with E-state index in [9.17, 15) is 9.90 Å². The maximum atomic E-state index is 12.3. The molecule has 2 aliphatic rings. The molecule has 0 amide bonds. The van der Waals surface area contributed by atoms with Gasteiger partial charge in [-0.1, -0.05) is 0 Å². The molecular weight excluding hydrogens is 360 g/mol. The van der Waals surface area contributed by atoms with Crippen LogP contribution in [0.3, 0.4) is 0 Å². The zero-order chi connectivity index (χ0) is 19.1. The van der Waals surface area contributed by atoms with Crippen molar-refractivity contribution < 1.29 is 24.1 Å². The molecule has 27 heavy (non-hydrogen) atoms. The van der Waals surface area contributed by atoms with Crippen LogP contribution in [0.25, 0.3) is 11.2 Å². The second-order valence-corrected chi connectivity index (χ2v) is 6.40. The third-order valence-electron chi connectivity index (χ3n) is 4.30. The van der Waals surface area contributed by atoms with Crippen LogP contribution < -0.4 is 5.56 Å². The van der Waals surface area contributed by atoms with Gasteiger partial charge in [0.05, 0.1) is 19.3 Å². The van der Waals surface area contributed by atoms with Gasteiger partial charge in [0.25, 0.3) is 12.0 Å². The quantitative estimate of drug-likeness (QED) is 0.491. The van der Waals surface area contributed by atoms with Gasteiger partial charge in [-0.2, -0.15) is 4.98 Å². The summed E-state index contributed by atoms with van der Waals surface area (Å²) in [6.45, 7) is -1.11. The lowest BCUT2D eigenvalue weighted by molar-refractivity contribution is -0.256. The van der Waals surface area contributed by atoms with Crippen LogP contribution in [-0.4, -0.2) is 88.5 Å². The lowest BCUT2D eigenvalue weighted by Gasteiger charge is -2.19. The van der Waals surface area contributed by atoms with Gasteiger partial charge in [0.1, 0.15) is 18.3 Å². The van der Waals surface area contributed by atoms with E-state index >= 15 is 0 Å². The minimum absolute atomic E-state index is 0.134. The topological polar surface area (TPSA) is 136 Å². The molecule has 2 saturated heterocycles. The number of methoxy groups -OCH3 is 1. The van der Waals surface area contributed by atoms with Gasteiger partial charge in [0.15, 0.2) is 17.4 Å². The maximum Gasteiger partial charge on any atom is 0.280 e. The summed E-state index contributed by atoms with van der Waals surface area (Å²) < 4.78 is 23.9. The molecule has 2 aromatic rings. The number of aromatic nitrogens is 4. The Bertz CT molecular complexity index is 910. The Morgan fingerprint density at radius 1 is 1.41 bits per heavy atom. The Morgan fingerprint density at radius 3 is 2.89 bits per heavy atom. The largest absolute Gasteiger partial charge is 0.394 e. The first-order chi connectivity index (χ1) is 13.0. The fourth-order valence-electron chi connectivity index (χ4n) is 3.12. The van der Waals surface area contributed by atoms with Crippen molar-refractivity contribution in [3.63, 3.8) is 0 Å². The number of aliphatic hydroxyl groups excluding tert-OH is 1. The summed E-state index contributed by atoms with van der Waals surface area (Å²) in [4.78, 5) is 29.2. The standard InChI is InChI=1S/C15H20N6O6/c1-20(2)5-17-14-18-11-8(12(23)19-14)16-6-21(11)13-10-9(7(4-22)25-13)26-15(24-3)27-10/h5-7,9-10,13,15,22H,4H2,1-3H3,(H,18,19,23). The molecule has 5 unspecified atom stereocenters. The highest BCUT2D eigenvalue weighted by Crippen LogP contribution is 2.40. The van der Waals surface area contributed by atoms with Crippen LogP contribution in [-0.2, 0) is 18.9 Å². The minimum atomic E-state index is -0.855. The highest BCUT2D eigenvalue weighted by Gasteiger charge is 2.53. The van der Waals surface area contributed by atoms with Crippen molar-refractivity contribution >= 4 is 23.5 Å². The molecule has 146 valence electrons. The molecule has 2 fully saturated rings. The molecule has 2 aliphatic heterocycles. The second-order valence-electron chi connectivity index (χ2n) is 6.40. The van der Waals surface area contributed by atoms with Gasteiger partial charge < -0.3 is 29.0 Å². The average molecular weight is 380 g/mol. The van der Waals surface area contributed by atoms with Crippen molar-refractivity contribution in [3.8, 4) is 0 Å². The first-order valence-corrected chi connectivity index (χ1v) is 8.29.